The number of carboxylic acids is 2. The SMILES string of the molecule is CC(C)C[C@H](NC(=O)[C@H](Cc1ccc(O)cc1)NC(=O)[C@@H]1C/C=C/C[C@H](N)C(=O)N[C@@H](CCCCN)C(=O)N[C@@H](CCC(=O)O)C(=O)N1)C(=O)O. The molecule has 12 N–H and O–H groups in total. The van der Waals surface area contributed by atoms with E-state index in [4.69, 9.17) is 11.5 Å². The number of nitrogens with two attached hydrogens (primary N) is 2. The van der Waals surface area contributed by atoms with Gasteiger partial charge in [0, 0.05) is 12.8 Å². The molecular weight excluding hydrogens is 666 g/mol. The van der Waals surface area contributed by atoms with Crippen molar-refractivity contribution >= 4 is 41.5 Å². The lowest BCUT2D eigenvalue weighted by Crippen LogP contribution is -2.59. The van der Waals surface area contributed by atoms with E-state index < -0.39 is 84.1 Å². The highest BCUT2D eigenvalue weighted by molar-refractivity contribution is 5.96. The molecule has 0 bridgehead atoms. The standard InChI is InChI=1S/C34H51N7O10/c1-19(2)17-27(34(50)51)41-33(49)26(18-20-10-12-21(42)13-11-20)40-31(47)24-8-4-3-7-22(36)29(45)37-23(9-5-6-16-35)30(46)39-25(32(48)38-24)14-15-28(43)44/h3-4,10-13,19,22-27,42H,5-9,14-18,35-36H2,1-2H3,(H,37,45)(H,38,48)(H,39,46)(H,40,47)(H,41,49)(H,43,44)(H,50,51)/b4-3+/t22-,23-,24-,25-,26-,27-/m0/s1. The molecule has 5 amide bonds. The average Bonchev–Trinajstić information content (AvgIpc) is 3.06. The van der Waals surface area contributed by atoms with E-state index in [1.165, 1.54) is 36.4 Å². The fraction of sp³-hybridized carbons (Fsp3) is 0.559. The molecule has 0 aromatic heterocycles. The molecule has 1 aromatic rings. The van der Waals surface area contributed by atoms with Crippen LogP contribution in [-0.4, -0.2) is 99.6 Å². The maximum Gasteiger partial charge on any atom is 0.326 e. The Labute approximate surface area is 296 Å². The Bertz CT molecular complexity index is 1400. The number of carboxylic acid groups (broad SMARTS) is 2. The van der Waals surface area contributed by atoms with Gasteiger partial charge in [0.15, 0.2) is 0 Å². The van der Waals surface area contributed by atoms with Gasteiger partial charge in [0.2, 0.25) is 29.5 Å². The molecule has 0 saturated heterocycles. The molecule has 0 unspecified atom stereocenters. The molecule has 2 rings (SSSR count). The van der Waals surface area contributed by atoms with E-state index in [9.17, 15) is 48.9 Å². The molecule has 0 spiro atoms. The molecule has 1 aliphatic rings. The van der Waals surface area contributed by atoms with Gasteiger partial charge in [0.25, 0.3) is 0 Å². The number of carbonyl (C=O) groups is 7. The summed E-state index contributed by atoms with van der Waals surface area (Å²) in [6.07, 6.45) is 3.20. The van der Waals surface area contributed by atoms with Crippen molar-refractivity contribution in [1.82, 2.24) is 26.6 Å². The topological polar surface area (TPSA) is 292 Å². The van der Waals surface area contributed by atoms with Gasteiger partial charge < -0.3 is 53.4 Å². The summed E-state index contributed by atoms with van der Waals surface area (Å²) in [5.41, 5.74) is 12.1. The van der Waals surface area contributed by atoms with Crippen molar-refractivity contribution in [3.63, 3.8) is 0 Å². The minimum Gasteiger partial charge on any atom is -0.508 e. The molecular formula is C34H51N7O10. The van der Waals surface area contributed by atoms with Crippen LogP contribution in [0.5, 0.6) is 5.75 Å². The van der Waals surface area contributed by atoms with Gasteiger partial charge >= 0.3 is 11.9 Å². The molecule has 282 valence electrons. The normalized spacial score (nSPS) is 21.9. The van der Waals surface area contributed by atoms with Crippen LogP contribution in [0.4, 0.5) is 0 Å². The second kappa shape index (κ2) is 21.2. The van der Waals surface area contributed by atoms with Crippen LogP contribution in [0.25, 0.3) is 0 Å². The van der Waals surface area contributed by atoms with E-state index in [-0.39, 0.29) is 50.2 Å². The lowest BCUT2D eigenvalue weighted by atomic mass is 10.0. The van der Waals surface area contributed by atoms with Crippen molar-refractivity contribution in [2.45, 2.75) is 108 Å². The molecule has 1 aromatic carbocycles. The smallest absolute Gasteiger partial charge is 0.326 e. The van der Waals surface area contributed by atoms with Crippen LogP contribution in [0.15, 0.2) is 36.4 Å². The first-order valence-corrected chi connectivity index (χ1v) is 17.0. The summed E-state index contributed by atoms with van der Waals surface area (Å²) >= 11 is 0. The average molecular weight is 718 g/mol. The highest BCUT2D eigenvalue weighted by Crippen LogP contribution is 2.14. The monoisotopic (exact) mass is 717 g/mol. The largest absolute Gasteiger partial charge is 0.508 e. The molecule has 0 aliphatic carbocycles. The van der Waals surface area contributed by atoms with E-state index in [0.29, 0.717) is 24.9 Å². The predicted octanol–water partition coefficient (Wildman–Crippen LogP) is -0.839. The number of amides is 5. The second-order valence-electron chi connectivity index (χ2n) is 12.9. The third-order valence-electron chi connectivity index (χ3n) is 8.09. The lowest BCUT2D eigenvalue weighted by molar-refractivity contribution is -0.143. The summed E-state index contributed by atoms with van der Waals surface area (Å²) in [5.74, 6) is -6.57. The second-order valence-corrected chi connectivity index (χ2v) is 12.9. The van der Waals surface area contributed by atoms with Gasteiger partial charge in [0.05, 0.1) is 6.04 Å². The van der Waals surface area contributed by atoms with Crippen molar-refractivity contribution in [3.05, 3.63) is 42.0 Å². The Morgan fingerprint density at radius 2 is 1.45 bits per heavy atom. The number of carbonyl (C=O) groups excluding carboxylic acids is 5. The number of hydrogen-bond acceptors (Lipinski definition) is 10. The molecule has 17 heteroatoms. The van der Waals surface area contributed by atoms with Crippen LogP contribution in [0.2, 0.25) is 0 Å². The highest BCUT2D eigenvalue weighted by Gasteiger charge is 2.33. The van der Waals surface area contributed by atoms with Crippen molar-refractivity contribution < 1.29 is 48.9 Å². The molecule has 6 atom stereocenters. The maximum atomic E-state index is 13.8. The quantitative estimate of drug-likeness (QED) is 0.0740. The molecule has 0 fully saturated rings. The Morgan fingerprint density at radius 1 is 0.843 bits per heavy atom. The first-order chi connectivity index (χ1) is 24.1. The van der Waals surface area contributed by atoms with Crippen molar-refractivity contribution in [3.8, 4) is 5.75 Å². The molecule has 1 heterocycles. The summed E-state index contributed by atoms with van der Waals surface area (Å²) in [7, 11) is 0. The zero-order chi connectivity index (χ0) is 38.1. The number of nitrogens with one attached hydrogen (secondary N) is 5. The highest BCUT2D eigenvalue weighted by atomic mass is 16.4. The van der Waals surface area contributed by atoms with Crippen molar-refractivity contribution in [1.29, 1.82) is 0 Å². The number of hydrogen-bond donors (Lipinski definition) is 10. The fourth-order valence-corrected chi connectivity index (χ4v) is 5.25. The van der Waals surface area contributed by atoms with E-state index >= 15 is 0 Å². The summed E-state index contributed by atoms with van der Waals surface area (Å²) in [5, 5.41) is 41.4. The molecule has 51 heavy (non-hydrogen) atoms. The molecule has 0 radical (unpaired) electrons. The van der Waals surface area contributed by atoms with Crippen molar-refractivity contribution in [2.24, 2.45) is 17.4 Å². The molecule has 1 aliphatic heterocycles. The predicted molar refractivity (Wildman–Crippen MR) is 185 cm³/mol. The van der Waals surface area contributed by atoms with Gasteiger partial charge in [-0.1, -0.05) is 38.1 Å². The Balaban J connectivity index is 2.45. The Hall–Kier alpha value is -5.03. The number of unbranched alkanes of at least 4 members (excludes halogenated alkanes) is 1. The third-order valence-corrected chi connectivity index (χ3v) is 8.09. The minimum atomic E-state index is -1.43. The van der Waals surface area contributed by atoms with E-state index in [2.05, 4.69) is 26.6 Å². The van der Waals surface area contributed by atoms with Gasteiger partial charge in [-0.3, -0.25) is 28.8 Å². The number of aliphatic carboxylic acids is 2. The fourth-order valence-electron chi connectivity index (χ4n) is 5.25. The number of phenolic OH excluding ortho intramolecular Hbond substituents is 1. The van der Waals surface area contributed by atoms with Crippen LogP contribution in [0, 0.1) is 5.92 Å². The van der Waals surface area contributed by atoms with E-state index in [0.717, 1.165) is 0 Å². The summed E-state index contributed by atoms with van der Waals surface area (Å²) in [6, 6.07) is -1.75. The number of phenols is 1. The van der Waals surface area contributed by atoms with Crippen LogP contribution in [-0.2, 0) is 40.0 Å². The van der Waals surface area contributed by atoms with Gasteiger partial charge in [-0.2, -0.15) is 0 Å². The summed E-state index contributed by atoms with van der Waals surface area (Å²) < 4.78 is 0. The van der Waals surface area contributed by atoms with Crippen LogP contribution >= 0.6 is 0 Å². The molecule has 0 saturated carbocycles. The first-order valence-electron chi connectivity index (χ1n) is 17.0. The number of benzene rings is 1. The summed E-state index contributed by atoms with van der Waals surface area (Å²) in [6.45, 7) is 3.92. The minimum absolute atomic E-state index is 0.0187. The first kappa shape index (κ1) is 42.1. The Kier molecular flexibility index (Phi) is 17.6. The van der Waals surface area contributed by atoms with E-state index in [1.807, 2.05) is 0 Å². The number of aromatic hydroxyl groups is 1. The van der Waals surface area contributed by atoms with Gasteiger partial charge in [0.1, 0.15) is 36.0 Å². The zero-order valence-corrected chi connectivity index (χ0v) is 28.9. The van der Waals surface area contributed by atoms with Crippen molar-refractivity contribution in [2.75, 3.05) is 6.54 Å². The van der Waals surface area contributed by atoms with E-state index in [1.54, 1.807) is 13.8 Å². The Morgan fingerprint density at radius 3 is 2.06 bits per heavy atom. The lowest BCUT2D eigenvalue weighted by Gasteiger charge is -2.27. The maximum absolute atomic E-state index is 13.8. The van der Waals surface area contributed by atoms with Gasteiger partial charge in [-0.05, 0) is 75.1 Å². The summed E-state index contributed by atoms with van der Waals surface area (Å²) in [4.78, 5) is 90.4. The van der Waals surface area contributed by atoms with Crippen LogP contribution in [0.1, 0.15) is 70.8 Å². The zero-order valence-electron chi connectivity index (χ0n) is 28.9. The third kappa shape index (κ3) is 15.2. The number of rotatable bonds is 16. The van der Waals surface area contributed by atoms with Crippen LogP contribution in [0.3, 0.4) is 0 Å². The van der Waals surface area contributed by atoms with Crippen LogP contribution < -0.4 is 38.1 Å². The molecule has 17 nitrogen and oxygen atoms in total. The van der Waals surface area contributed by atoms with Gasteiger partial charge in [-0.25, -0.2) is 4.79 Å². The van der Waals surface area contributed by atoms with Gasteiger partial charge in [-0.15, -0.1) is 0 Å².